The van der Waals surface area contributed by atoms with Gasteiger partial charge in [0.25, 0.3) is 0 Å². The van der Waals surface area contributed by atoms with Gasteiger partial charge < -0.3 is 0 Å². The van der Waals surface area contributed by atoms with Crippen LogP contribution >= 0.6 is 0 Å². The number of aryl methyl sites for hydroxylation is 1. The van der Waals surface area contributed by atoms with E-state index >= 15 is 0 Å². The van der Waals surface area contributed by atoms with Gasteiger partial charge in [0.05, 0.1) is 11.6 Å². The monoisotopic (exact) mass is 171 g/mol. The molecule has 1 heteroatoms. The second kappa shape index (κ2) is 3.22. The Bertz CT molecular complexity index is 360. The summed E-state index contributed by atoms with van der Waals surface area (Å²) in [5, 5.41) is 8.78. The first-order chi connectivity index (χ1) is 6.31. The van der Waals surface area contributed by atoms with Gasteiger partial charge in [0.2, 0.25) is 0 Å². The van der Waals surface area contributed by atoms with Gasteiger partial charge in [-0.1, -0.05) is 13.0 Å². The van der Waals surface area contributed by atoms with Gasteiger partial charge in [-0.2, -0.15) is 5.26 Å². The molecule has 1 atom stereocenters. The van der Waals surface area contributed by atoms with E-state index in [2.05, 4.69) is 25.1 Å². The first-order valence-electron chi connectivity index (χ1n) is 4.84. The summed E-state index contributed by atoms with van der Waals surface area (Å²) < 4.78 is 0. The first-order valence-corrected chi connectivity index (χ1v) is 4.84. The molecular weight excluding hydrogens is 158 g/mol. The number of hydrogen-bond donors (Lipinski definition) is 0. The van der Waals surface area contributed by atoms with E-state index in [4.69, 9.17) is 5.26 Å². The van der Waals surface area contributed by atoms with Gasteiger partial charge in [0.1, 0.15) is 0 Å². The van der Waals surface area contributed by atoms with Gasteiger partial charge in [0, 0.05) is 0 Å². The van der Waals surface area contributed by atoms with Crippen molar-refractivity contribution >= 4 is 0 Å². The molecule has 1 aliphatic rings. The van der Waals surface area contributed by atoms with Crippen molar-refractivity contribution < 1.29 is 0 Å². The van der Waals surface area contributed by atoms with E-state index in [1.165, 1.54) is 30.4 Å². The Labute approximate surface area is 79.0 Å². The lowest BCUT2D eigenvalue weighted by molar-refractivity contribution is 0.590. The van der Waals surface area contributed by atoms with E-state index in [-0.39, 0.29) is 0 Å². The molecule has 1 nitrogen and oxygen atoms in total. The zero-order chi connectivity index (χ0) is 9.26. The SMILES string of the molecule is C[C@@H]1CCCc2ccc(C#N)cc21. The van der Waals surface area contributed by atoms with Gasteiger partial charge in [-0.05, 0) is 48.4 Å². The second-order valence-corrected chi connectivity index (χ2v) is 3.82. The van der Waals surface area contributed by atoms with E-state index in [1.807, 2.05) is 6.07 Å². The number of nitriles is 1. The Morgan fingerprint density at radius 2 is 2.31 bits per heavy atom. The highest BCUT2D eigenvalue weighted by Gasteiger charge is 2.15. The van der Waals surface area contributed by atoms with Crippen LogP contribution in [0.3, 0.4) is 0 Å². The van der Waals surface area contributed by atoms with Crippen LogP contribution in [-0.4, -0.2) is 0 Å². The molecule has 0 bridgehead atoms. The van der Waals surface area contributed by atoms with Gasteiger partial charge in [-0.25, -0.2) is 0 Å². The number of fused-ring (bicyclic) bond motifs is 1. The molecule has 0 aliphatic heterocycles. The molecular formula is C12H13N. The van der Waals surface area contributed by atoms with Gasteiger partial charge in [-0.3, -0.25) is 0 Å². The van der Waals surface area contributed by atoms with Crippen LogP contribution in [0.4, 0.5) is 0 Å². The van der Waals surface area contributed by atoms with E-state index in [1.54, 1.807) is 0 Å². The summed E-state index contributed by atoms with van der Waals surface area (Å²) in [6.45, 7) is 2.25. The van der Waals surface area contributed by atoms with Crippen molar-refractivity contribution in [1.82, 2.24) is 0 Å². The number of nitrogens with zero attached hydrogens (tertiary/aromatic N) is 1. The quantitative estimate of drug-likeness (QED) is 0.588. The Morgan fingerprint density at radius 1 is 1.46 bits per heavy atom. The molecule has 0 unspecified atom stereocenters. The average molecular weight is 171 g/mol. The van der Waals surface area contributed by atoms with Crippen LogP contribution < -0.4 is 0 Å². The molecule has 0 amide bonds. The third-order valence-corrected chi connectivity index (χ3v) is 2.89. The van der Waals surface area contributed by atoms with Crippen molar-refractivity contribution in [3.8, 4) is 6.07 Å². The van der Waals surface area contributed by atoms with Crippen LogP contribution in [0.1, 0.15) is 42.4 Å². The van der Waals surface area contributed by atoms with E-state index in [0.717, 1.165) is 5.56 Å². The lowest BCUT2D eigenvalue weighted by Crippen LogP contribution is -2.06. The van der Waals surface area contributed by atoms with Gasteiger partial charge in [0.15, 0.2) is 0 Å². The molecule has 0 fully saturated rings. The Hall–Kier alpha value is -1.29. The minimum Gasteiger partial charge on any atom is -0.192 e. The topological polar surface area (TPSA) is 23.8 Å². The molecule has 0 radical (unpaired) electrons. The molecule has 0 saturated carbocycles. The molecule has 2 rings (SSSR count). The summed E-state index contributed by atoms with van der Waals surface area (Å²) in [6.07, 6.45) is 3.74. The number of hydrogen-bond acceptors (Lipinski definition) is 1. The summed E-state index contributed by atoms with van der Waals surface area (Å²) in [5.41, 5.74) is 3.63. The highest BCUT2D eigenvalue weighted by atomic mass is 14.3. The van der Waals surface area contributed by atoms with Crippen molar-refractivity contribution in [2.75, 3.05) is 0 Å². The Balaban J connectivity index is 2.48. The molecule has 66 valence electrons. The smallest absolute Gasteiger partial charge is 0.0991 e. The normalized spacial score (nSPS) is 20.5. The highest BCUT2D eigenvalue weighted by molar-refractivity contribution is 5.40. The molecule has 1 aromatic carbocycles. The van der Waals surface area contributed by atoms with Crippen LogP contribution in [0.5, 0.6) is 0 Å². The predicted octanol–water partition coefficient (Wildman–Crippen LogP) is 3.00. The van der Waals surface area contributed by atoms with Crippen molar-refractivity contribution in [1.29, 1.82) is 5.26 Å². The maximum Gasteiger partial charge on any atom is 0.0991 e. The number of rotatable bonds is 0. The molecule has 0 aromatic heterocycles. The van der Waals surface area contributed by atoms with Crippen LogP contribution in [0.2, 0.25) is 0 Å². The minimum absolute atomic E-state index is 0.636. The van der Waals surface area contributed by atoms with Crippen LogP contribution in [-0.2, 0) is 6.42 Å². The predicted molar refractivity (Wildman–Crippen MR) is 52.5 cm³/mol. The fraction of sp³-hybridized carbons (Fsp3) is 0.417. The van der Waals surface area contributed by atoms with Gasteiger partial charge >= 0.3 is 0 Å². The fourth-order valence-corrected chi connectivity index (χ4v) is 2.11. The first kappa shape index (κ1) is 8.31. The summed E-state index contributed by atoms with van der Waals surface area (Å²) in [7, 11) is 0. The fourth-order valence-electron chi connectivity index (χ4n) is 2.11. The molecule has 13 heavy (non-hydrogen) atoms. The molecule has 0 spiro atoms. The average Bonchev–Trinajstić information content (AvgIpc) is 2.18. The van der Waals surface area contributed by atoms with E-state index in [9.17, 15) is 0 Å². The second-order valence-electron chi connectivity index (χ2n) is 3.82. The third-order valence-electron chi connectivity index (χ3n) is 2.89. The lowest BCUT2D eigenvalue weighted by atomic mass is 9.83. The maximum atomic E-state index is 8.78. The Morgan fingerprint density at radius 3 is 3.08 bits per heavy atom. The molecule has 0 saturated heterocycles. The van der Waals surface area contributed by atoms with Crippen molar-refractivity contribution in [2.45, 2.75) is 32.1 Å². The standard InChI is InChI=1S/C12H13N/c1-9-3-2-4-11-6-5-10(8-13)7-12(9)11/h5-7,9H,2-4H2,1H3/t9-/m1/s1. The summed E-state index contributed by atoms with van der Waals surface area (Å²) >= 11 is 0. The summed E-state index contributed by atoms with van der Waals surface area (Å²) in [5.74, 6) is 0.636. The molecule has 0 heterocycles. The van der Waals surface area contributed by atoms with Gasteiger partial charge in [-0.15, -0.1) is 0 Å². The maximum absolute atomic E-state index is 8.78. The number of benzene rings is 1. The largest absolute Gasteiger partial charge is 0.192 e. The van der Waals surface area contributed by atoms with E-state index < -0.39 is 0 Å². The van der Waals surface area contributed by atoms with Crippen LogP contribution in [0.15, 0.2) is 18.2 Å². The Kier molecular flexibility index (Phi) is 2.06. The minimum atomic E-state index is 0.636. The van der Waals surface area contributed by atoms with Crippen LogP contribution in [0, 0.1) is 11.3 Å². The zero-order valence-corrected chi connectivity index (χ0v) is 7.88. The summed E-state index contributed by atoms with van der Waals surface area (Å²) in [6, 6.07) is 8.29. The van der Waals surface area contributed by atoms with Crippen molar-refractivity contribution in [2.24, 2.45) is 0 Å². The van der Waals surface area contributed by atoms with Crippen LogP contribution in [0.25, 0.3) is 0 Å². The van der Waals surface area contributed by atoms with E-state index in [0.29, 0.717) is 5.92 Å². The summed E-state index contributed by atoms with van der Waals surface area (Å²) in [4.78, 5) is 0. The molecule has 1 aromatic rings. The highest BCUT2D eigenvalue weighted by Crippen LogP contribution is 2.31. The third kappa shape index (κ3) is 1.45. The zero-order valence-electron chi connectivity index (χ0n) is 7.88. The van der Waals surface area contributed by atoms with Crippen molar-refractivity contribution in [3.05, 3.63) is 34.9 Å². The molecule has 0 N–H and O–H groups in total. The van der Waals surface area contributed by atoms with Crippen molar-refractivity contribution in [3.63, 3.8) is 0 Å². The molecule has 1 aliphatic carbocycles. The lowest BCUT2D eigenvalue weighted by Gasteiger charge is -2.22.